The highest BCUT2D eigenvalue weighted by atomic mass is 16.2. The lowest BCUT2D eigenvalue weighted by Crippen LogP contribution is -2.43. The first-order valence-electron chi connectivity index (χ1n) is 24.3. The predicted octanol–water partition coefficient (Wildman–Crippen LogP) is 5.75. The molecular weight excluding hydrogens is 853 g/mol. The summed E-state index contributed by atoms with van der Waals surface area (Å²) in [5, 5.41) is 12.8. The van der Waals surface area contributed by atoms with E-state index in [4.69, 9.17) is 0 Å². The summed E-state index contributed by atoms with van der Waals surface area (Å²) >= 11 is 0. The van der Waals surface area contributed by atoms with Crippen LogP contribution >= 0.6 is 0 Å². The van der Waals surface area contributed by atoms with Gasteiger partial charge < -0.3 is 31.1 Å². The van der Waals surface area contributed by atoms with Gasteiger partial charge in [-0.3, -0.25) is 28.8 Å². The van der Waals surface area contributed by atoms with Crippen molar-refractivity contribution in [2.75, 3.05) is 26.2 Å². The first-order chi connectivity index (χ1) is 33.2. The largest absolute Gasteiger partial charge is 0.352 e. The van der Waals surface area contributed by atoms with Crippen molar-refractivity contribution in [1.29, 1.82) is 0 Å². The molecule has 2 heterocycles. The van der Waals surface area contributed by atoms with Crippen molar-refractivity contribution in [1.82, 2.24) is 31.1 Å². The Hall–Kier alpha value is -7.08. The van der Waals surface area contributed by atoms with Gasteiger partial charge in [-0.15, -0.1) is 0 Å². The molecule has 0 aromatic heterocycles. The number of hydrogen-bond acceptors (Lipinski definition) is 6. The van der Waals surface area contributed by atoms with Crippen LogP contribution in [-0.4, -0.2) is 95.6 Å². The van der Waals surface area contributed by atoms with Crippen LogP contribution in [0.4, 0.5) is 0 Å². The number of nitrogens with one attached hydrogen (secondary N) is 4. The predicted molar refractivity (Wildman–Crippen MR) is 255 cm³/mol. The lowest BCUT2D eigenvalue weighted by atomic mass is 9.94. The number of benzene rings is 5. The van der Waals surface area contributed by atoms with Crippen LogP contribution in [0.15, 0.2) is 146 Å². The molecule has 11 rings (SSSR count). The minimum absolute atomic E-state index is 0.0327. The number of likely N-dealkylation sites (tertiary alicyclic amines) is 2. The fourth-order valence-electron chi connectivity index (χ4n) is 11.0. The van der Waals surface area contributed by atoms with Crippen molar-refractivity contribution in [3.05, 3.63) is 179 Å². The Labute approximate surface area is 396 Å². The van der Waals surface area contributed by atoms with E-state index in [1.54, 1.807) is 34.1 Å². The van der Waals surface area contributed by atoms with Gasteiger partial charge in [0.2, 0.25) is 23.6 Å². The van der Waals surface area contributed by atoms with Crippen molar-refractivity contribution >= 4 is 35.4 Å². The normalized spacial score (nSPS) is 29.6. The van der Waals surface area contributed by atoms with Crippen LogP contribution in [0, 0.1) is 23.7 Å². The maximum Gasteiger partial charge on any atom is 0.253 e. The molecule has 12 heteroatoms. The van der Waals surface area contributed by atoms with Crippen LogP contribution in [0.3, 0.4) is 0 Å². The molecule has 12 atom stereocenters. The summed E-state index contributed by atoms with van der Waals surface area (Å²) in [5.74, 6) is -3.68. The molecule has 0 radical (unpaired) electrons. The zero-order valence-corrected chi connectivity index (χ0v) is 37.8. The van der Waals surface area contributed by atoms with E-state index in [2.05, 4.69) is 69.8 Å². The van der Waals surface area contributed by atoms with Gasteiger partial charge in [-0.05, 0) is 72.2 Å². The number of carbonyl (C=O) groups is 6. The molecule has 12 nitrogen and oxygen atoms in total. The van der Waals surface area contributed by atoms with E-state index in [0.29, 0.717) is 11.1 Å². The van der Waals surface area contributed by atoms with Crippen LogP contribution in [0.5, 0.6) is 0 Å². The number of hydrogen-bond donors (Lipinski definition) is 4. The van der Waals surface area contributed by atoms with Crippen molar-refractivity contribution in [3.8, 4) is 0 Å². The third-order valence-electron chi connectivity index (χ3n) is 15.3. The Bertz CT molecular complexity index is 2370. The zero-order valence-electron chi connectivity index (χ0n) is 37.8. The lowest BCUT2D eigenvalue weighted by molar-refractivity contribution is -0.133. The molecule has 5 aromatic rings. The SMILES string of the molecule is O=C(N[C@@H]1C[C@H]1c1ccccc1)[C@H]1CN(C(=O)c2ccc(C(=O)N3C[C@@H](C(=O)N[C@@H]4C[C@H]4c4ccccc4)[C@H](C(=O)N[C@@H]4C[C@H]4c4ccccc4)C3)cc2)C[C@@H]1C(=O)N[C@@H]1C[C@H]1c1ccccc1. The van der Waals surface area contributed by atoms with Gasteiger partial charge >= 0.3 is 0 Å². The Balaban J connectivity index is 0.756. The van der Waals surface area contributed by atoms with Gasteiger partial charge in [-0.2, -0.15) is 0 Å². The lowest BCUT2D eigenvalue weighted by Gasteiger charge is -2.18. The van der Waals surface area contributed by atoms with Gasteiger partial charge in [-0.25, -0.2) is 0 Å². The highest BCUT2D eigenvalue weighted by Crippen LogP contribution is 2.44. The van der Waals surface area contributed by atoms with Crippen LogP contribution in [0.1, 0.15) is 92.3 Å². The molecular formula is C56H56N6O6. The maximum atomic E-state index is 14.2. The van der Waals surface area contributed by atoms with E-state index in [1.165, 1.54) is 0 Å². The Morgan fingerprint density at radius 1 is 0.324 bits per heavy atom. The van der Waals surface area contributed by atoms with E-state index in [-0.39, 0.29) is 109 Å². The van der Waals surface area contributed by atoms with E-state index in [0.717, 1.165) is 47.9 Å². The zero-order chi connectivity index (χ0) is 46.5. The third-order valence-corrected chi connectivity index (χ3v) is 15.3. The minimum atomic E-state index is -0.732. The second-order valence-electron chi connectivity index (χ2n) is 19.9. The number of nitrogens with zero attached hydrogens (tertiary/aromatic N) is 2. The molecule has 4 N–H and O–H groups in total. The van der Waals surface area contributed by atoms with Gasteiger partial charge in [0.15, 0.2) is 0 Å². The van der Waals surface area contributed by atoms with Crippen LogP contribution in [-0.2, 0) is 19.2 Å². The van der Waals surface area contributed by atoms with Gasteiger partial charge in [0.05, 0.1) is 23.7 Å². The molecule has 4 saturated carbocycles. The summed E-state index contributed by atoms with van der Waals surface area (Å²) in [6, 6.07) is 46.5. The molecule has 5 aromatic carbocycles. The molecule has 0 bridgehead atoms. The highest BCUT2D eigenvalue weighted by molar-refractivity contribution is 6.00. The molecule has 6 amide bonds. The number of rotatable bonds is 14. The second-order valence-corrected chi connectivity index (χ2v) is 19.9. The molecule has 346 valence electrons. The first kappa shape index (κ1) is 43.5. The standard InChI is InChI=1S/C56H56N6O6/c63-51(57-47-25-39(47)33-13-5-1-6-14-33)43-29-61(30-44(43)52(64)58-48-26-40(48)34-15-7-2-8-16-34)55(67)37-21-23-38(24-22-37)56(68)62-31-45(53(65)59-49-27-41(49)35-17-9-3-10-18-35)46(32-62)54(66)60-50-28-42(50)36-19-11-4-12-20-36/h1-24,39-50H,25-32H2,(H,57,63)(H,58,64)(H,59,65)(H,60,66)/t39-,40-,41-,42-,43-,44-,45+,46+,47+,48+,49+,50+/m0/s1. The quantitative estimate of drug-likeness (QED) is 0.111. The molecule has 68 heavy (non-hydrogen) atoms. The summed E-state index contributed by atoms with van der Waals surface area (Å²) in [7, 11) is 0. The van der Waals surface area contributed by atoms with Gasteiger partial charge in [0, 0.05) is 85.1 Å². The molecule has 2 saturated heterocycles. The van der Waals surface area contributed by atoms with E-state index in [9.17, 15) is 28.8 Å². The molecule has 6 fully saturated rings. The summed E-state index contributed by atoms with van der Waals surface area (Å²) in [5.41, 5.74) is 5.30. The summed E-state index contributed by atoms with van der Waals surface area (Å²) in [6.07, 6.45) is 3.27. The number of amides is 6. The smallest absolute Gasteiger partial charge is 0.253 e. The maximum absolute atomic E-state index is 14.2. The average molecular weight is 909 g/mol. The van der Waals surface area contributed by atoms with Crippen LogP contribution < -0.4 is 21.3 Å². The Kier molecular flexibility index (Phi) is 11.6. The Morgan fingerprint density at radius 3 is 0.765 bits per heavy atom. The Morgan fingerprint density at radius 2 is 0.544 bits per heavy atom. The highest BCUT2D eigenvalue weighted by Gasteiger charge is 2.51. The van der Waals surface area contributed by atoms with Crippen LogP contribution in [0.25, 0.3) is 0 Å². The number of carbonyl (C=O) groups excluding carboxylic acids is 6. The monoisotopic (exact) mass is 908 g/mol. The van der Waals surface area contributed by atoms with Crippen molar-refractivity contribution < 1.29 is 28.8 Å². The molecule has 2 aliphatic heterocycles. The van der Waals surface area contributed by atoms with Crippen molar-refractivity contribution in [2.45, 2.75) is 73.5 Å². The molecule has 6 aliphatic rings. The van der Waals surface area contributed by atoms with Crippen LogP contribution in [0.2, 0.25) is 0 Å². The van der Waals surface area contributed by atoms with Crippen molar-refractivity contribution in [3.63, 3.8) is 0 Å². The molecule has 0 unspecified atom stereocenters. The van der Waals surface area contributed by atoms with Gasteiger partial charge in [-0.1, -0.05) is 121 Å². The average Bonchev–Trinajstić information content (AvgIpc) is 4.31. The van der Waals surface area contributed by atoms with E-state index >= 15 is 0 Å². The molecule has 4 aliphatic carbocycles. The summed E-state index contributed by atoms with van der Waals surface area (Å²) in [6.45, 7) is 0.331. The van der Waals surface area contributed by atoms with Gasteiger partial charge in [0.25, 0.3) is 11.8 Å². The fourth-order valence-corrected chi connectivity index (χ4v) is 11.0. The second kappa shape index (κ2) is 18.2. The topological polar surface area (TPSA) is 157 Å². The minimum Gasteiger partial charge on any atom is -0.352 e. The fraction of sp³-hybridized carbons (Fsp3) is 0.357. The van der Waals surface area contributed by atoms with Gasteiger partial charge in [0.1, 0.15) is 0 Å². The molecule has 0 spiro atoms. The third kappa shape index (κ3) is 9.16. The van der Waals surface area contributed by atoms with E-state index < -0.39 is 23.7 Å². The summed E-state index contributed by atoms with van der Waals surface area (Å²) in [4.78, 5) is 87.5. The van der Waals surface area contributed by atoms with Crippen molar-refractivity contribution in [2.24, 2.45) is 23.7 Å². The van der Waals surface area contributed by atoms with E-state index in [1.807, 2.05) is 72.8 Å². The summed E-state index contributed by atoms with van der Waals surface area (Å²) < 4.78 is 0. The first-order valence-corrected chi connectivity index (χ1v) is 24.3.